The van der Waals surface area contributed by atoms with Crippen molar-refractivity contribution in [3.63, 3.8) is 0 Å². The van der Waals surface area contributed by atoms with Crippen molar-refractivity contribution in [2.45, 2.75) is 0 Å². The van der Waals surface area contributed by atoms with Crippen molar-refractivity contribution in [2.24, 2.45) is 0 Å². The maximum Gasteiger partial charge on any atom is 0.306 e. The predicted octanol–water partition coefficient (Wildman–Crippen LogP) is 0.832. The van der Waals surface area contributed by atoms with Crippen LogP contribution < -0.4 is 0 Å². The van der Waals surface area contributed by atoms with Gasteiger partial charge in [0.25, 0.3) is 0 Å². The number of carbonyl (C=O) groups excluding carboxylic acids is 1. The Labute approximate surface area is 86.2 Å². The minimum absolute atomic E-state index is 0.0237. The Morgan fingerprint density at radius 2 is 2.21 bits per heavy atom. The Kier molecular flexibility index (Phi) is 3.18. The number of nitrogens with zero attached hydrogens (tertiary/aromatic N) is 3. The van der Waals surface area contributed by atoms with Gasteiger partial charge in [-0.05, 0) is 0 Å². The maximum atomic E-state index is 11.6. The Morgan fingerprint density at radius 3 is 2.86 bits per heavy atom. The van der Waals surface area contributed by atoms with E-state index in [0.717, 1.165) is 13.1 Å². The predicted molar refractivity (Wildman–Crippen MR) is 53.0 cm³/mol. The smallest absolute Gasteiger partial charge is 0.306 e. The molecule has 0 radical (unpaired) electrons. The van der Waals surface area contributed by atoms with Crippen molar-refractivity contribution in [3.05, 3.63) is 18.7 Å². The van der Waals surface area contributed by atoms with E-state index in [1.54, 1.807) is 12.4 Å². The van der Waals surface area contributed by atoms with Crippen LogP contribution in [0.25, 0.3) is 0 Å². The lowest BCUT2D eigenvalue weighted by atomic mass is 10.5. The number of ether oxygens (including phenoxy) is 1. The van der Waals surface area contributed by atoms with Gasteiger partial charge in [0.15, 0.2) is 0 Å². The second-order valence-corrected chi connectivity index (χ2v) is 3.92. The fourth-order valence-electron chi connectivity index (χ4n) is 1.16. The number of hydrogen-bond donors (Lipinski definition) is 0. The fraction of sp³-hybridized carbons (Fsp3) is 0.500. The van der Waals surface area contributed by atoms with Gasteiger partial charge < -0.3 is 4.74 Å². The molecule has 0 unspecified atom stereocenters. The summed E-state index contributed by atoms with van der Waals surface area (Å²) in [5, 5.41) is -0.0237. The molecule has 1 aliphatic rings. The van der Waals surface area contributed by atoms with Gasteiger partial charge in [-0.1, -0.05) is 0 Å². The molecule has 0 N–H and O–H groups in total. The van der Waals surface area contributed by atoms with E-state index in [-0.39, 0.29) is 5.24 Å². The van der Waals surface area contributed by atoms with Crippen molar-refractivity contribution >= 4 is 17.2 Å². The van der Waals surface area contributed by atoms with E-state index in [0.29, 0.717) is 13.2 Å². The van der Waals surface area contributed by atoms with E-state index in [2.05, 4.69) is 4.98 Å². The minimum Gasteiger partial charge on any atom is -0.379 e. The summed E-state index contributed by atoms with van der Waals surface area (Å²) in [6.07, 6.45) is 4.75. The lowest BCUT2D eigenvalue weighted by molar-refractivity contribution is 0.0775. The zero-order valence-electron chi connectivity index (χ0n) is 7.63. The van der Waals surface area contributed by atoms with Gasteiger partial charge in [-0.15, -0.1) is 0 Å². The summed E-state index contributed by atoms with van der Waals surface area (Å²) in [6, 6.07) is 0. The van der Waals surface area contributed by atoms with E-state index in [1.165, 1.54) is 22.8 Å². The molecule has 1 aliphatic heterocycles. The van der Waals surface area contributed by atoms with Crippen molar-refractivity contribution in [1.29, 1.82) is 0 Å². The van der Waals surface area contributed by atoms with Gasteiger partial charge in [0, 0.05) is 37.4 Å². The van der Waals surface area contributed by atoms with Gasteiger partial charge in [-0.3, -0.25) is 9.36 Å². The van der Waals surface area contributed by atoms with Crippen molar-refractivity contribution < 1.29 is 9.53 Å². The minimum atomic E-state index is -0.0237. The van der Waals surface area contributed by atoms with Crippen LogP contribution in [0.3, 0.4) is 0 Å². The van der Waals surface area contributed by atoms with Gasteiger partial charge in [-0.25, -0.2) is 9.29 Å². The van der Waals surface area contributed by atoms with Crippen LogP contribution in [-0.2, 0) is 4.74 Å². The van der Waals surface area contributed by atoms with E-state index in [9.17, 15) is 4.79 Å². The number of aromatic nitrogens is 2. The summed E-state index contributed by atoms with van der Waals surface area (Å²) in [7, 11) is 0. The fourth-order valence-corrected chi connectivity index (χ4v) is 1.92. The quantitative estimate of drug-likeness (QED) is 0.647. The highest BCUT2D eigenvalue weighted by atomic mass is 32.2. The van der Waals surface area contributed by atoms with Crippen molar-refractivity contribution in [2.75, 3.05) is 26.3 Å². The first-order valence-corrected chi connectivity index (χ1v) is 5.16. The molecule has 14 heavy (non-hydrogen) atoms. The summed E-state index contributed by atoms with van der Waals surface area (Å²) < 4.78 is 8.66. The lowest BCUT2D eigenvalue weighted by Gasteiger charge is -2.24. The van der Waals surface area contributed by atoms with Gasteiger partial charge in [0.05, 0.1) is 13.2 Å². The van der Waals surface area contributed by atoms with Crippen LogP contribution in [0.2, 0.25) is 0 Å². The zero-order valence-corrected chi connectivity index (χ0v) is 8.44. The van der Waals surface area contributed by atoms with Gasteiger partial charge >= 0.3 is 5.24 Å². The number of morpholine rings is 1. The second kappa shape index (κ2) is 4.59. The maximum absolute atomic E-state index is 11.6. The van der Waals surface area contributed by atoms with Crippen molar-refractivity contribution in [3.8, 4) is 0 Å². The SMILES string of the molecule is O=C(SN1CCOCC1)n1ccnc1. The number of hydrogen-bond acceptors (Lipinski definition) is 5. The molecule has 1 saturated heterocycles. The van der Waals surface area contributed by atoms with Gasteiger partial charge in [-0.2, -0.15) is 0 Å². The van der Waals surface area contributed by atoms with Crippen LogP contribution in [0.4, 0.5) is 4.79 Å². The third-order valence-electron chi connectivity index (χ3n) is 1.89. The molecule has 1 aromatic heterocycles. The molecule has 0 bridgehead atoms. The highest BCUT2D eigenvalue weighted by Gasteiger charge is 2.15. The standard InChI is InChI=1S/C8H11N3O2S/c12-8(10-2-1-9-7-10)14-11-3-5-13-6-4-11/h1-2,7H,3-6H2. The summed E-state index contributed by atoms with van der Waals surface area (Å²) in [5.74, 6) is 0. The molecule has 1 fully saturated rings. The number of carbonyl (C=O) groups is 1. The van der Waals surface area contributed by atoms with Crippen molar-refractivity contribution in [1.82, 2.24) is 13.9 Å². The Morgan fingerprint density at radius 1 is 1.43 bits per heavy atom. The first-order valence-electron chi connectivity index (χ1n) is 4.39. The van der Waals surface area contributed by atoms with Crippen LogP contribution in [0, 0.1) is 0 Å². The highest BCUT2D eigenvalue weighted by Crippen LogP contribution is 2.14. The molecule has 0 aliphatic carbocycles. The molecule has 76 valence electrons. The molecule has 0 atom stereocenters. The molecule has 1 aromatic rings. The van der Waals surface area contributed by atoms with E-state index in [4.69, 9.17) is 4.74 Å². The van der Waals surface area contributed by atoms with E-state index < -0.39 is 0 Å². The Bertz CT molecular complexity index is 296. The topological polar surface area (TPSA) is 47.4 Å². The van der Waals surface area contributed by atoms with Crippen LogP contribution >= 0.6 is 11.9 Å². The summed E-state index contributed by atoms with van der Waals surface area (Å²) >= 11 is 1.22. The Hall–Kier alpha value is -0.850. The normalized spacial score (nSPS) is 18.3. The first-order chi connectivity index (χ1) is 6.86. The molecule has 0 saturated carbocycles. The molecular formula is C8H11N3O2S. The Balaban J connectivity index is 1.87. The molecular weight excluding hydrogens is 202 g/mol. The highest BCUT2D eigenvalue weighted by molar-refractivity contribution is 8.11. The third-order valence-corrected chi connectivity index (χ3v) is 2.88. The van der Waals surface area contributed by atoms with Crippen LogP contribution in [0.5, 0.6) is 0 Å². The molecule has 0 aromatic carbocycles. The number of imidazole rings is 1. The van der Waals surface area contributed by atoms with E-state index in [1.807, 2.05) is 4.31 Å². The molecule has 2 heterocycles. The van der Waals surface area contributed by atoms with E-state index >= 15 is 0 Å². The zero-order chi connectivity index (χ0) is 9.80. The third kappa shape index (κ3) is 2.34. The first kappa shape index (κ1) is 9.70. The molecule has 6 heteroatoms. The molecule has 0 spiro atoms. The summed E-state index contributed by atoms with van der Waals surface area (Å²) in [4.78, 5) is 15.4. The molecule has 2 rings (SSSR count). The number of rotatable bonds is 1. The second-order valence-electron chi connectivity index (χ2n) is 2.87. The average Bonchev–Trinajstić information content (AvgIpc) is 2.72. The largest absolute Gasteiger partial charge is 0.379 e. The van der Waals surface area contributed by atoms with Gasteiger partial charge in [0.1, 0.15) is 6.33 Å². The summed E-state index contributed by atoms with van der Waals surface area (Å²) in [5.41, 5.74) is 0. The lowest BCUT2D eigenvalue weighted by Crippen LogP contribution is -2.32. The monoisotopic (exact) mass is 213 g/mol. The van der Waals surface area contributed by atoms with Crippen LogP contribution in [0.1, 0.15) is 0 Å². The summed E-state index contributed by atoms with van der Waals surface area (Å²) in [6.45, 7) is 2.99. The average molecular weight is 213 g/mol. The molecule has 5 nitrogen and oxygen atoms in total. The van der Waals surface area contributed by atoms with Crippen LogP contribution in [-0.4, -0.2) is 45.4 Å². The van der Waals surface area contributed by atoms with Crippen LogP contribution in [0.15, 0.2) is 18.7 Å². The molecule has 0 amide bonds. The van der Waals surface area contributed by atoms with Gasteiger partial charge in [0.2, 0.25) is 0 Å².